The number of esters is 1. The largest absolute Gasteiger partial charge is 0.465 e. The van der Waals surface area contributed by atoms with Gasteiger partial charge in [0.1, 0.15) is 11.9 Å². The molecule has 1 N–H and O–H groups in total. The van der Waals surface area contributed by atoms with Crippen LogP contribution >= 0.6 is 0 Å². The third kappa shape index (κ3) is 4.31. The van der Waals surface area contributed by atoms with Crippen molar-refractivity contribution >= 4 is 5.97 Å². The highest BCUT2D eigenvalue weighted by molar-refractivity contribution is 5.75. The highest BCUT2D eigenvalue weighted by Gasteiger charge is 2.21. The smallest absolute Gasteiger partial charge is 0.325 e. The number of nitrogens with zero attached hydrogens (tertiary/aromatic N) is 3. The Morgan fingerprint density at radius 1 is 1.32 bits per heavy atom. The summed E-state index contributed by atoms with van der Waals surface area (Å²) in [7, 11) is 0. The van der Waals surface area contributed by atoms with E-state index in [9.17, 15) is 4.79 Å². The fourth-order valence-electron chi connectivity index (χ4n) is 1.87. The average molecular weight is 268 g/mol. The van der Waals surface area contributed by atoms with Crippen molar-refractivity contribution in [2.45, 2.75) is 53.1 Å². The molecule has 0 aromatic carbocycles. The number of carbonyl (C=O) groups excluding carboxylic acids is 1. The Hall–Kier alpha value is -1.43. The van der Waals surface area contributed by atoms with Crippen LogP contribution in [0.25, 0.3) is 0 Å². The molecule has 1 aromatic heterocycles. The van der Waals surface area contributed by atoms with Crippen LogP contribution in [0.1, 0.15) is 39.3 Å². The summed E-state index contributed by atoms with van der Waals surface area (Å²) in [6.45, 7) is 9.38. The molecule has 1 atom stereocenters. The summed E-state index contributed by atoms with van der Waals surface area (Å²) in [6, 6.07) is -0.373. The summed E-state index contributed by atoms with van der Waals surface area (Å²) < 4.78 is 6.88. The van der Waals surface area contributed by atoms with Crippen molar-refractivity contribution in [3.63, 3.8) is 0 Å². The van der Waals surface area contributed by atoms with Crippen molar-refractivity contribution in [1.82, 2.24) is 20.1 Å². The maximum atomic E-state index is 11.9. The minimum atomic E-state index is -0.373. The van der Waals surface area contributed by atoms with Crippen LogP contribution in [0.2, 0.25) is 0 Å². The van der Waals surface area contributed by atoms with Gasteiger partial charge in [0, 0.05) is 12.8 Å². The summed E-state index contributed by atoms with van der Waals surface area (Å²) in [5.74, 6) is 1.49. The maximum Gasteiger partial charge on any atom is 0.325 e. The fraction of sp³-hybridized carbons (Fsp3) is 0.769. The second-order valence-electron chi connectivity index (χ2n) is 4.20. The van der Waals surface area contributed by atoms with Gasteiger partial charge >= 0.3 is 5.97 Å². The molecule has 1 aromatic rings. The number of aromatic nitrogens is 3. The molecular formula is C13H24N4O2. The van der Waals surface area contributed by atoms with Crippen LogP contribution in [-0.2, 0) is 28.9 Å². The van der Waals surface area contributed by atoms with E-state index in [1.807, 2.05) is 32.4 Å². The van der Waals surface area contributed by atoms with Gasteiger partial charge in [0.25, 0.3) is 0 Å². The Labute approximate surface area is 114 Å². The Morgan fingerprint density at radius 2 is 2.05 bits per heavy atom. The molecule has 108 valence electrons. The van der Waals surface area contributed by atoms with E-state index in [2.05, 4.69) is 15.4 Å². The van der Waals surface area contributed by atoms with Gasteiger partial charge in [0.2, 0.25) is 0 Å². The van der Waals surface area contributed by atoms with Crippen molar-refractivity contribution in [2.75, 3.05) is 13.2 Å². The molecule has 19 heavy (non-hydrogen) atoms. The van der Waals surface area contributed by atoms with Crippen LogP contribution in [0.4, 0.5) is 0 Å². The lowest BCUT2D eigenvalue weighted by atomic mass is 10.3. The van der Waals surface area contributed by atoms with Crippen LogP contribution in [0.3, 0.4) is 0 Å². The molecule has 1 heterocycles. The predicted octanol–water partition coefficient (Wildman–Crippen LogP) is 0.944. The third-order valence-electron chi connectivity index (χ3n) is 2.80. The number of hydrogen-bond donors (Lipinski definition) is 1. The van der Waals surface area contributed by atoms with Crippen LogP contribution in [0.15, 0.2) is 0 Å². The molecule has 1 unspecified atom stereocenters. The molecule has 0 aliphatic rings. The number of carbonyl (C=O) groups is 1. The number of ether oxygens (including phenoxy) is 1. The number of aryl methyl sites for hydroxylation is 2. The number of nitrogens with one attached hydrogen (secondary N) is 1. The van der Waals surface area contributed by atoms with Crippen molar-refractivity contribution in [3.8, 4) is 0 Å². The van der Waals surface area contributed by atoms with Crippen molar-refractivity contribution < 1.29 is 9.53 Å². The van der Waals surface area contributed by atoms with Gasteiger partial charge in [0.15, 0.2) is 5.82 Å². The van der Waals surface area contributed by atoms with E-state index in [1.165, 1.54) is 0 Å². The zero-order valence-electron chi connectivity index (χ0n) is 12.3. The van der Waals surface area contributed by atoms with Crippen molar-refractivity contribution in [1.29, 1.82) is 0 Å². The second-order valence-corrected chi connectivity index (χ2v) is 4.20. The average Bonchev–Trinajstić information content (AvgIpc) is 2.80. The van der Waals surface area contributed by atoms with E-state index in [1.54, 1.807) is 0 Å². The van der Waals surface area contributed by atoms with E-state index in [-0.39, 0.29) is 12.0 Å². The lowest BCUT2D eigenvalue weighted by Gasteiger charge is -2.16. The molecule has 0 aliphatic carbocycles. The Kier molecular flexibility index (Phi) is 6.49. The van der Waals surface area contributed by atoms with Gasteiger partial charge in [-0.15, -0.1) is 0 Å². The maximum absolute atomic E-state index is 11.9. The van der Waals surface area contributed by atoms with Crippen LogP contribution in [-0.4, -0.2) is 39.9 Å². The summed E-state index contributed by atoms with van der Waals surface area (Å²) >= 11 is 0. The summed E-state index contributed by atoms with van der Waals surface area (Å²) in [6.07, 6.45) is 1.60. The van der Waals surface area contributed by atoms with Crippen LogP contribution in [0, 0.1) is 0 Å². The molecule has 0 spiro atoms. The molecule has 1 rings (SSSR count). The Balaban J connectivity index is 2.82. The van der Waals surface area contributed by atoms with Gasteiger partial charge in [-0.25, -0.2) is 9.67 Å². The molecular weight excluding hydrogens is 244 g/mol. The number of rotatable bonds is 8. The first-order valence-electron chi connectivity index (χ1n) is 6.98. The SMILES string of the molecule is CCNC(Cn1nc(CC)nc1CC)C(=O)OCC. The van der Waals surface area contributed by atoms with Gasteiger partial charge in [-0.2, -0.15) is 5.10 Å². The first kappa shape index (κ1) is 15.6. The van der Waals surface area contributed by atoms with Gasteiger partial charge in [0.05, 0.1) is 13.2 Å². The van der Waals surface area contributed by atoms with Crippen molar-refractivity contribution in [3.05, 3.63) is 11.6 Å². The predicted molar refractivity (Wildman–Crippen MR) is 72.9 cm³/mol. The second kappa shape index (κ2) is 7.89. The number of likely N-dealkylation sites (N-methyl/N-ethyl adjacent to an activating group) is 1. The molecule has 0 saturated heterocycles. The van der Waals surface area contributed by atoms with E-state index in [0.717, 1.165) is 24.5 Å². The normalized spacial score (nSPS) is 12.4. The van der Waals surface area contributed by atoms with E-state index in [0.29, 0.717) is 19.7 Å². The Bertz CT molecular complexity index is 403. The molecule has 0 bridgehead atoms. The van der Waals surface area contributed by atoms with Gasteiger partial charge in [-0.3, -0.25) is 4.79 Å². The van der Waals surface area contributed by atoms with Crippen molar-refractivity contribution in [2.24, 2.45) is 0 Å². The van der Waals surface area contributed by atoms with E-state index >= 15 is 0 Å². The van der Waals surface area contributed by atoms with Gasteiger partial charge < -0.3 is 10.1 Å². The first-order chi connectivity index (χ1) is 9.15. The molecule has 6 heteroatoms. The minimum Gasteiger partial charge on any atom is -0.465 e. The number of hydrogen-bond acceptors (Lipinski definition) is 5. The fourth-order valence-corrected chi connectivity index (χ4v) is 1.87. The highest BCUT2D eigenvalue weighted by atomic mass is 16.5. The monoisotopic (exact) mass is 268 g/mol. The molecule has 0 saturated carbocycles. The Morgan fingerprint density at radius 3 is 2.58 bits per heavy atom. The minimum absolute atomic E-state index is 0.236. The van der Waals surface area contributed by atoms with Gasteiger partial charge in [-0.05, 0) is 13.5 Å². The first-order valence-corrected chi connectivity index (χ1v) is 6.98. The summed E-state index contributed by atoms with van der Waals surface area (Å²) in [5, 5.41) is 7.55. The van der Waals surface area contributed by atoms with E-state index in [4.69, 9.17) is 4.74 Å². The van der Waals surface area contributed by atoms with Crippen LogP contribution in [0.5, 0.6) is 0 Å². The molecule has 0 amide bonds. The highest BCUT2D eigenvalue weighted by Crippen LogP contribution is 2.03. The quantitative estimate of drug-likeness (QED) is 0.711. The zero-order valence-corrected chi connectivity index (χ0v) is 12.3. The third-order valence-corrected chi connectivity index (χ3v) is 2.80. The standard InChI is InChI=1S/C13H24N4O2/c1-5-11-15-12(6-2)17(16-11)9-10(14-7-3)13(18)19-8-4/h10,14H,5-9H2,1-4H3. The van der Waals surface area contributed by atoms with Gasteiger partial charge in [-0.1, -0.05) is 20.8 Å². The molecule has 0 aliphatic heterocycles. The molecule has 0 radical (unpaired) electrons. The lowest BCUT2D eigenvalue weighted by molar-refractivity contribution is -0.146. The summed E-state index contributed by atoms with van der Waals surface area (Å²) in [4.78, 5) is 16.3. The van der Waals surface area contributed by atoms with E-state index < -0.39 is 0 Å². The topological polar surface area (TPSA) is 69.0 Å². The molecule has 0 fully saturated rings. The molecule has 6 nitrogen and oxygen atoms in total. The summed E-state index contributed by atoms with van der Waals surface area (Å²) in [5.41, 5.74) is 0. The van der Waals surface area contributed by atoms with Crippen LogP contribution < -0.4 is 5.32 Å². The zero-order chi connectivity index (χ0) is 14.3. The lowest BCUT2D eigenvalue weighted by Crippen LogP contribution is -2.41.